The minimum atomic E-state index is 0.823. The zero-order valence-corrected chi connectivity index (χ0v) is 8.57. The predicted octanol–water partition coefficient (Wildman–Crippen LogP) is 3.86. The second kappa shape index (κ2) is 3.95. The Kier molecular flexibility index (Phi) is 3.16. The average molecular weight is 182 g/mol. The molecule has 0 aromatic heterocycles. The summed E-state index contributed by atoms with van der Waals surface area (Å²) in [5, 5.41) is 0.823. The number of rotatable bonds is 2. The summed E-state index contributed by atoms with van der Waals surface area (Å²) in [6, 6.07) is 6.09. The van der Waals surface area contributed by atoms with Crippen LogP contribution in [-0.2, 0) is 6.42 Å². The van der Waals surface area contributed by atoms with Crippen molar-refractivity contribution in [3.05, 3.63) is 40.3 Å². The lowest BCUT2D eigenvalue weighted by molar-refractivity contribution is 1.05. The summed E-state index contributed by atoms with van der Waals surface area (Å²) in [5.74, 6) is 1.33. The minimum absolute atomic E-state index is 0.823. The molecule has 0 spiro atoms. The van der Waals surface area contributed by atoms with Crippen LogP contribution in [0.2, 0.25) is 5.02 Å². The van der Waals surface area contributed by atoms with Gasteiger partial charge in [-0.25, -0.2) is 0 Å². The first kappa shape index (κ1) is 9.60. The smallest absolute Gasteiger partial charge is 0.0409 e. The Morgan fingerprint density at radius 2 is 2.00 bits per heavy atom. The van der Waals surface area contributed by atoms with Crippen LogP contribution in [0, 0.1) is 5.92 Å². The lowest BCUT2D eigenvalue weighted by Crippen LogP contribution is -1.95. The van der Waals surface area contributed by atoms with Crippen molar-refractivity contribution in [2.75, 3.05) is 0 Å². The van der Waals surface area contributed by atoms with Crippen molar-refractivity contribution >= 4 is 11.6 Å². The number of halogens is 1. The molecule has 0 amide bonds. The Bertz CT molecular complexity index is 264. The summed E-state index contributed by atoms with van der Waals surface area (Å²) in [4.78, 5) is 0. The molecule has 0 heterocycles. The third-order valence-corrected chi connectivity index (χ3v) is 2.23. The van der Waals surface area contributed by atoms with Gasteiger partial charge in [0.25, 0.3) is 0 Å². The maximum absolute atomic E-state index is 5.90. The van der Waals surface area contributed by atoms with E-state index >= 15 is 0 Å². The van der Waals surface area contributed by atoms with Crippen LogP contribution in [0.25, 0.3) is 0 Å². The van der Waals surface area contributed by atoms with Crippen molar-refractivity contribution in [1.29, 1.82) is 0 Å². The number of hydrogen-bond acceptors (Lipinski definition) is 0. The second-order valence-electron chi connectivity index (χ2n) is 3.16. The van der Waals surface area contributed by atoms with Gasteiger partial charge < -0.3 is 0 Å². The molecule has 0 nitrogen and oxygen atoms in total. The Morgan fingerprint density at radius 3 is 2.50 bits per heavy atom. The third kappa shape index (κ3) is 2.01. The molecule has 0 bridgehead atoms. The molecule has 0 aliphatic carbocycles. The topological polar surface area (TPSA) is 0 Å². The van der Waals surface area contributed by atoms with E-state index in [1.54, 1.807) is 0 Å². The van der Waals surface area contributed by atoms with Crippen LogP contribution in [0.4, 0.5) is 0 Å². The van der Waals surface area contributed by atoms with Gasteiger partial charge in [0.1, 0.15) is 0 Å². The van der Waals surface area contributed by atoms with E-state index in [-0.39, 0.29) is 0 Å². The summed E-state index contributed by atoms with van der Waals surface area (Å²) < 4.78 is 0. The first-order valence-corrected chi connectivity index (χ1v) is 4.62. The van der Waals surface area contributed by atoms with Crippen LogP contribution in [0.15, 0.2) is 18.2 Å². The molecule has 1 aromatic rings. The van der Waals surface area contributed by atoms with Gasteiger partial charge in [-0.1, -0.05) is 38.4 Å². The third-order valence-electron chi connectivity index (χ3n) is 1.99. The van der Waals surface area contributed by atoms with Crippen LogP contribution in [0.1, 0.15) is 31.9 Å². The molecule has 0 fully saturated rings. The zero-order chi connectivity index (χ0) is 9.14. The molecule has 1 aromatic carbocycles. The van der Waals surface area contributed by atoms with Gasteiger partial charge in [-0.2, -0.15) is 0 Å². The highest BCUT2D eigenvalue weighted by Gasteiger charge is 2.05. The summed E-state index contributed by atoms with van der Waals surface area (Å²) in [7, 11) is 0. The quantitative estimate of drug-likeness (QED) is 0.650. The Morgan fingerprint density at radius 1 is 1.33 bits per heavy atom. The first-order valence-electron chi connectivity index (χ1n) is 4.24. The van der Waals surface area contributed by atoms with Crippen LogP contribution < -0.4 is 0 Å². The Hall–Kier alpha value is -0.490. The molecular weight excluding hydrogens is 168 g/mol. The molecule has 12 heavy (non-hydrogen) atoms. The van der Waals surface area contributed by atoms with E-state index in [9.17, 15) is 0 Å². The number of benzene rings is 1. The number of hydrogen-bond donors (Lipinski definition) is 0. The van der Waals surface area contributed by atoms with Crippen molar-refractivity contribution in [3.8, 4) is 0 Å². The van der Waals surface area contributed by atoms with E-state index in [0.29, 0.717) is 0 Å². The molecule has 0 aliphatic rings. The van der Waals surface area contributed by atoms with Gasteiger partial charge in [0.2, 0.25) is 0 Å². The maximum atomic E-state index is 5.90. The monoisotopic (exact) mass is 181 g/mol. The normalized spacial score (nSPS) is 10.8. The van der Waals surface area contributed by atoms with Gasteiger partial charge in [-0.3, -0.25) is 0 Å². The molecule has 0 saturated carbocycles. The van der Waals surface area contributed by atoms with Gasteiger partial charge in [-0.05, 0) is 35.6 Å². The lowest BCUT2D eigenvalue weighted by atomic mass is 9.96. The van der Waals surface area contributed by atoms with E-state index in [0.717, 1.165) is 11.4 Å². The van der Waals surface area contributed by atoms with Gasteiger partial charge in [-0.15, -0.1) is 0 Å². The van der Waals surface area contributed by atoms with E-state index in [4.69, 9.17) is 11.6 Å². The van der Waals surface area contributed by atoms with Crippen molar-refractivity contribution < 1.29 is 0 Å². The summed E-state index contributed by atoms with van der Waals surface area (Å²) in [5.41, 5.74) is 2.67. The van der Waals surface area contributed by atoms with E-state index < -0.39 is 0 Å². The highest BCUT2D eigenvalue weighted by Crippen LogP contribution is 2.22. The van der Waals surface area contributed by atoms with Crippen LogP contribution in [0.5, 0.6) is 0 Å². The summed E-state index contributed by atoms with van der Waals surface area (Å²) >= 11 is 5.90. The molecule has 1 rings (SSSR count). The molecule has 0 aliphatic heterocycles. The van der Waals surface area contributed by atoms with Gasteiger partial charge in [0, 0.05) is 5.02 Å². The van der Waals surface area contributed by atoms with E-state index in [1.807, 2.05) is 12.1 Å². The lowest BCUT2D eigenvalue weighted by Gasteiger charge is -2.10. The van der Waals surface area contributed by atoms with Crippen LogP contribution in [0.3, 0.4) is 0 Å². The average Bonchev–Trinajstić information content (AvgIpc) is 2.04. The van der Waals surface area contributed by atoms with Crippen molar-refractivity contribution in [1.82, 2.24) is 0 Å². The molecule has 65 valence electrons. The van der Waals surface area contributed by atoms with Crippen molar-refractivity contribution in [2.45, 2.75) is 27.2 Å². The van der Waals surface area contributed by atoms with E-state index in [2.05, 4.69) is 26.8 Å². The molecule has 0 N–H and O–H groups in total. The van der Waals surface area contributed by atoms with Gasteiger partial charge >= 0.3 is 0 Å². The van der Waals surface area contributed by atoms with Crippen molar-refractivity contribution in [2.24, 2.45) is 0 Å². The minimum Gasteiger partial charge on any atom is -0.0843 e. The van der Waals surface area contributed by atoms with Crippen molar-refractivity contribution in [3.63, 3.8) is 0 Å². The fourth-order valence-electron chi connectivity index (χ4n) is 1.32. The van der Waals surface area contributed by atoms with Gasteiger partial charge in [0.05, 0.1) is 0 Å². The predicted molar refractivity (Wildman–Crippen MR) is 54.5 cm³/mol. The fraction of sp³-hybridized carbons (Fsp3) is 0.364. The zero-order valence-electron chi connectivity index (χ0n) is 7.82. The number of aryl methyl sites for hydroxylation is 1. The standard InChI is InChI=1S/C11H14Cl/c1-4-9-5-6-10(12)7-11(9)8(2)3/h5-7H,4H2,1-3H3. The molecular formula is C11H14Cl. The largest absolute Gasteiger partial charge is 0.0843 e. The van der Waals surface area contributed by atoms with E-state index in [1.165, 1.54) is 17.0 Å². The second-order valence-corrected chi connectivity index (χ2v) is 3.59. The molecule has 0 unspecified atom stereocenters. The molecule has 0 saturated heterocycles. The summed E-state index contributed by atoms with van der Waals surface area (Å²) in [6.07, 6.45) is 1.07. The molecule has 1 heteroatoms. The highest BCUT2D eigenvalue weighted by atomic mass is 35.5. The molecule has 0 atom stereocenters. The first-order chi connectivity index (χ1) is 5.65. The highest BCUT2D eigenvalue weighted by molar-refractivity contribution is 6.30. The Balaban J connectivity index is 3.12. The van der Waals surface area contributed by atoms with Crippen LogP contribution >= 0.6 is 11.6 Å². The SMILES string of the molecule is CCc1ccc(Cl)cc1[C](C)C. The molecule has 1 radical (unpaired) electrons. The maximum Gasteiger partial charge on any atom is 0.0409 e. The fourth-order valence-corrected chi connectivity index (χ4v) is 1.49. The Labute approximate surface area is 79.6 Å². The van der Waals surface area contributed by atoms with Gasteiger partial charge in [0.15, 0.2) is 0 Å². The van der Waals surface area contributed by atoms with Crippen LogP contribution in [-0.4, -0.2) is 0 Å². The summed E-state index contributed by atoms with van der Waals surface area (Å²) in [6.45, 7) is 6.39.